The topological polar surface area (TPSA) is 153 Å². The number of sulfonamides is 1. The molecular formula is C31H32N4O7S2. The summed E-state index contributed by atoms with van der Waals surface area (Å²) in [5, 5.41) is 5.31. The first-order valence-corrected chi connectivity index (χ1v) is 16.6. The second-order valence-electron chi connectivity index (χ2n) is 10.8. The van der Waals surface area contributed by atoms with Gasteiger partial charge in [0.25, 0.3) is 10.0 Å². The average Bonchev–Trinajstić information content (AvgIpc) is 3.42. The van der Waals surface area contributed by atoms with E-state index in [-0.39, 0.29) is 4.90 Å². The molecule has 1 aromatic heterocycles. The second kappa shape index (κ2) is 12.8. The van der Waals surface area contributed by atoms with Gasteiger partial charge in [-0.3, -0.25) is 14.8 Å². The summed E-state index contributed by atoms with van der Waals surface area (Å²) in [5.41, 5.74) is 2.20. The Kier molecular flexibility index (Phi) is 9.30. The van der Waals surface area contributed by atoms with Crippen molar-refractivity contribution in [3.8, 4) is 11.1 Å². The minimum absolute atomic E-state index is 0.0475. The summed E-state index contributed by atoms with van der Waals surface area (Å²) in [5.74, 6) is -0.496. The van der Waals surface area contributed by atoms with Crippen LogP contribution in [0.2, 0.25) is 0 Å². The Morgan fingerprint density at radius 2 is 1.48 bits per heavy atom. The Hall–Kier alpha value is -4.88. The van der Waals surface area contributed by atoms with Crippen molar-refractivity contribution in [3.05, 3.63) is 103 Å². The molecule has 4 rings (SSSR count). The molecule has 0 fully saturated rings. The summed E-state index contributed by atoms with van der Waals surface area (Å²) >= 11 is 0. The maximum absolute atomic E-state index is 13.4. The molecular weight excluding hydrogens is 604 g/mol. The van der Waals surface area contributed by atoms with E-state index in [1.165, 1.54) is 36.7 Å². The fraction of sp³-hybridized carbons (Fsp3) is 0.161. The molecule has 0 atom stereocenters. The van der Waals surface area contributed by atoms with Gasteiger partial charge in [-0.05, 0) is 86.0 Å². The molecule has 44 heavy (non-hydrogen) atoms. The van der Waals surface area contributed by atoms with Crippen molar-refractivity contribution in [2.75, 3.05) is 21.6 Å². The molecule has 230 valence electrons. The number of para-hydroxylation sites is 2. The van der Waals surface area contributed by atoms with Crippen LogP contribution in [0.15, 0.2) is 102 Å². The quantitative estimate of drug-likeness (QED) is 0.197. The molecule has 13 heteroatoms. The van der Waals surface area contributed by atoms with Crippen molar-refractivity contribution < 1.29 is 31.2 Å². The molecule has 0 unspecified atom stereocenters. The molecule has 0 saturated heterocycles. The summed E-state index contributed by atoms with van der Waals surface area (Å²) in [6, 6.07) is 21.1. The van der Waals surface area contributed by atoms with Gasteiger partial charge in [0.2, 0.25) is 15.9 Å². The first-order chi connectivity index (χ1) is 20.6. The third kappa shape index (κ3) is 8.82. The number of rotatable bonds is 9. The third-order valence-electron chi connectivity index (χ3n) is 5.87. The van der Waals surface area contributed by atoms with Gasteiger partial charge in [0.15, 0.2) is 0 Å². The Morgan fingerprint density at radius 1 is 0.818 bits per heavy atom. The number of hydrogen-bond acceptors (Lipinski definition) is 7. The monoisotopic (exact) mass is 636 g/mol. The molecule has 0 bridgehead atoms. The first kappa shape index (κ1) is 32.0. The van der Waals surface area contributed by atoms with Gasteiger partial charge in [0.05, 0.1) is 22.5 Å². The molecule has 2 amide bonds. The highest BCUT2D eigenvalue weighted by atomic mass is 32.2. The van der Waals surface area contributed by atoms with Gasteiger partial charge in [-0.15, -0.1) is 0 Å². The molecule has 3 aromatic carbocycles. The number of hydrogen-bond donors (Lipinski definition) is 3. The molecule has 0 spiro atoms. The summed E-state index contributed by atoms with van der Waals surface area (Å²) in [4.78, 5) is 24.9. The third-order valence-corrected chi connectivity index (χ3v) is 8.11. The van der Waals surface area contributed by atoms with E-state index in [4.69, 9.17) is 4.74 Å². The molecule has 0 radical (unpaired) electrons. The Labute approximate surface area is 256 Å². The van der Waals surface area contributed by atoms with Crippen LogP contribution in [0.4, 0.5) is 21.9 Å². The number of carbonyl (C=O) groups is 2. The predicted molar refractivity (Wildman–Crippen MR) is 171 cm³/mol. The minimum Gasteiger partial charge on any atom is -0.444 e. The SMILES string of the molecule is CC(C)(C)OC(=O)Nc1ccccc1NC(=O)C=Cc1ccn(S(=O)(=O)c2cccc(-c3ccc(NS(C)(=O)=O)cc3)c2)c1. The van der Waals surface area contributed by atoms with E-state index in [1.807, 2.05) is 0 Å². The highest BCUT2D eigenvalue weighted by Crippen LogP contribution is 2.26. The zero-order valence-electron chi connectivity index (χ0n) is 24.4. The predicted octanol–water partition coefficient (Wildman–Crippen LogP) is 5.76. The fourth-order valence-electron chi connectivity index (χ4n) is 4.00. The van der Waals surface area contributed by atoms with Crippen LogP contribution in [0.3, 0.4) is 0 Å². The standard InChI is InChI=1S/C31H32N4O7S2/c1-31(2,3)42-30(37)33-28-11-6-5-10-27(28)32-29(36)17-12-22-18-19-35(21-22)44(40,41)26-9-7-8-24(20-26)23-13-15-25(16-14-23)34-43(4,38)39/h5-21,34H,1-4H3,(H,32,36)(H,33,37). The molecule has 1 heterocycles. The average molecular weight is 637 g/mol. The lowest BCUT2D eigenvalue weighted by molar-refractivity contribution is -0.111. The number of benzene rings is 3. The molecule has 3 N–H and O–H groups in total. The van der Waals surface area contributed by atoms with Crippen LogP contribution in [-0.4, -0.2) is 44.7 Å². The van der Waals surface area contributed by atoms with Crippen molar-refractivity contribution in [1.82, 2.24) is 3.97 Å². The maximum Gasteiger partial charge on any atom is 0.412 e. The van der Waals surface area contributed by atoms with Gasteiger partial charge in [0, 0.05) is 24.2 Å². The number of amides is 2. The van der Waals surface area contributed by atoms with Crippen molar-refractivity contribution in [2.24, 2.45) is 0 Å². The smallest absolute Gasteiger partial charge is 0.412 e. The van der Waals surface area contributed by atoms with E-state index >= 15 is 0 Å². The van der Waals surface area contributed by atoms with E-state index in [0.717, 1.165) is 10.2 Å². The lowest BCUT2D eigenvalue weighted by atomic mass is 10.1. The van der Waals surface area contributed by atoms with Crippen molar-refractivity contribution in [2.45, 2.75) is 31.3 Å². The summed E-state index contributed by atoms with van der Waals surface area (Å²) in [7, 11) is -7.38. The molecule has 0 aliphatic heterocycles. The lowest BCUT2D eigenvalue weighted by Crippen LogP contribution is -2.27. The van der Waals surface area contributed by atoms with Crippen LogP contribution in [0.1, 0.15) is 26.3 Å². The number of ether oxygens (including phenoxy) is 1. The maximum atomic E-state index is 13.4. The van der Waals surface area contributed by atoms with Crippen LogP contribution in [-0.2, 0) is 29.6 Å². The normalized spacial score (nSPS) is 12.1. The number of carbonyl (C=O) groups excluding carboxylic acids is 2. The van der Waals surface area contributed by atoms with Gasteiger partial charge < -0.3 is 10.1 Å². The van der Waals surface area contributed by atoms with Gasteiger partial charge in [-0.25, -0.2) is 25.6 Å². The molecule has 4 aromatic rings. The minimum atomic E-state index is -3.96. The van der Waals surface area contributed by atoms with Crippen LogP contribution in [0.5, 0.6) is 0 Å². The summed E-state index contributed by atoms with van der Waals surface area (Å²) in [6.07, 6.45) is 5.87. The Bertz CT molecular complexity index is 1920. The second-order valence-corrected chi connectivity index (χ2v) is 14.3. The van der Waals surface area contributed by atoms with Crippen molar-refractivity contribution >= 4 is 55.2 Å². The van der Waals surface area contributed by atoms with Gasteiger partial charge in [-0.1, -0.05) is 36.4 Å². The van der Waals surface area contributed by atoms with Crippen molar-refractivity contribution in [1.29, 1.82) is 0 Å². The number of nitrogens with zero attached hydrogens (tertiary/aromatic N) is 1. The van der Waals surface area contributed by atoms with Crippen LogP contribution in [0, 0.1) is 0 Å². The largest absolute Gasteiger partial charge is 0.444 e. The van der Waals surface area contributed by atoms with Crippen LogP contribution in [0.25, 0.3) is 17.2 Å². The number of aromatic nitrogens is 1. The highest BCUT2D eigenvalue weighted by Gasteiger charge is 2.19. The summed E-state index contributed by atoms with van der Waals surface area (Å²) in [6.45, 7) is 5.22. The molecule has 11 nitrogen and oxygen atoms in total. The number of anilines is 3. The molecule has 0 saturated carbocycles. The highest BCUT2D eigenvalue weighted by molar-refractivity contribution is 7.92. The van der Waals surface area contributed by atoms with E-state index in [9.17, 15) is 26.4 Å². The first-order valence-electron chi connectivity index (χ1n) is 13.3. The lowest BCUT2D eigenvalue weighted by Gasteiger charge is -2.20. The fourth-order valence-corrected chi connectivity index (χ4v) is 5.82. The zero-order valence-corrected chi connectivity index (χ0v) is 26.1. The molecule has 0 aliphatic rings. The van der Waals surface area contributed by atoms with E-state index in [1.54, 1.807) is 87.5 Å². The van der Waals surface area contributed by atoms with Gasteiger partial charge in [0.1, 0.15) is 5.60 Å². The van der Waals surface area contributed by atoms with E-state index < -0.39 is 37.6 Å². The summed E-state index contributed by atoms with van der Waals surface area (Å²) < 4.78 is 58.4. The van der Waals surface area contributed by atoms with E-state index in [2.05, 4.69) is 15.4 Å². The number of nitrogens with one attached hydrogen (secondary N) is 3. The molecule has 0 aliphatic carbocycles. The van der Waals surface area contributed by atoms with E-state index in [0.29, 0.717) is 33.8 Å². The Morgan fingerprint density at radius 3 is 2.11 bits per heavy atom. The Balaban J connectivity index is 1.45. The van der Waals surface area contributed by atoms with Crippen molar-refractivity contribution in [3.63, 3.8) is 0 Å². The van der Waals surface area contributed by atoms with Crippen LogP contribution < -0.4 is 15.4 Å². The zero-order chi connectivity index (χ0) is 32.1. The van der Waals surface area contributed by atoms with Crippen LogP contribution >= 0.6 is 0 Å². The van der Waals surface area contributed by atoms with Gasteiger partial charge in [-0.2, -0.15) is 0 Å². The van der Waals surface area contributed by atoms with Gasteiger partial charge >= 0.3 is 6.09 Å².